The van der Waals surface area contributed by atoms with Crippen molar-refractivity contribution in [2.45, 2.75) is 17.6 Å². The van der Waals surface area contributed by atoms with Gasteiger partial charge in [0.25, 0.3) is 5.91 Å². The molecule has 1 heterocycles. The van der Waals surface area contributed by atoms with Gasteiger partial charge in [-0.15, -0.1) is 11.8 Å². The number of para-hydroxylation sites is 2. The second-order valence-electron chi connectivity index (χ2n) is 5.89. The summed E-state index contributed by atoms with van der Waals surface area (Å²) >= 11 is 1.72. The lowest BCUT2D eigenvalue weighted by molar-refractivity contribution is -0.118. The van der Waals surface area contributed by atoms with Crippen molar-refractivity contribution in [1.29, 1.82) is 0 Å². The monoisotopic (exact) mass is 394 g/mol. The van der Waals surface area contributed by atoms with Gasteiger partial charge in [0.05, 0.1) is 6.61 Å². The maximum absolute atomic E-state index is 12.2. The van der Waals surface area contributed by atoms with Gasteiger partial charge < -0.3 is 14.8 Å². The fraction of sp³-hybridized carbons (Fsp3) is 0.182. The molecule has 0 bridgehead atoms. The van der Waals surface area contributed by atoms with Crippen LogP contribution in [0.25, 0.3) is 0 Å². The molecular formula is C22H22N2O3S. The van der Waals surface area contributed by atoms with Crippen LogP contribution in [0.1, 0.15) is 12.5 Å². The summed E-state index contributed by atoms with van der Waals surface area (Å²) in [5.41, 5.74) is 1.91. The van der Waals surface area contributed by atoms with Crippen LogP contribution in [-0.4, -0.2) is 24.1 Å². The summed E-state index contributed by atoms with van der Waals surface area (Å²) < 4.78 is 11.1. The third-order valence-electron chi connectivity index (χ3n) is 3.77. The highest BCUT2D eigenvalue weighted by atomic mass is 32.2. The number of amides is 1. The van der Waals surface area contributed by atoms with Crippen LogP contribution in [-0.2, 0) is 10.5 Å². The Morgan fingerprint density at radius 3 is 2.43 bits per heavy atom. The lowest BCUT2D eigenvalue weighted by Gasteiger charge is -2.11. The number of aromatic nitrogens is 1. The number of nitrogens with zero attached hydrogens (tertiary/aromatic N) is 1. The fourth-order valence-electron chi connectivity index (χ4n) is 2.47. The molecule has 0 saturated carbocycles. The van der Waals surface area contributed by atoms with Gasteiger partial charge in [-0.1, -0.05) is 18.2 Å². The van der Waals surface area contributed by atoms with E-state index >= 15 is 0 Å². The van der Waals surface area contributed by atoms with Crippen molar-refractivity contribution in [3.63, 3.8) is 0 Å². The minimum atomic E-state index is -0.220. The minimum absolute atomic E-state index is 0.0817. The molecule has 3 aromatic rings. The Bertz CT molecular complexity index is 886. The van der Waals surface area contributed by atoms with Crippen molar-refractivity contribution < 1.29 is 14.3 Å². The Morgan fingerprint density at radius 2 is 1.75 bits per heavy atom. The molecule has 0 aliphatic carbocycles. The zero-order chi connectivity index (χ0) is 19.6. The Labute approximate surface area is 169 Å². The number of anilines is 1. The van der Waals surface area contributed by atoms with Crippen LogP contribution in [0.4, 0.5) is 5.69 Å². The average Bonchev–Trinajstić information content (AvgIpc) is 2.74. The van der Waals surface area contributed by atoms with E-state index in [1.54, 1.807) is 24.0 Å². The SMILES string of the molecule is CCOc1ccccc1OCC(=O)Nc1ccc(SCc2cccnc2)cc1. The molecule has 0 fully saturated rings. The molecule has 6 heteroatoms. The van der Waals surface area contributed by atoms with Crippen molar-refractivity contribution in [3.05, 3.63) is 78.6 Å². The van der Waals surface area contributed by atoms with E-state index in [9.17, 15) is 4.79 Å². The zero-order valence-electron chi connectivity index (χ0n) is 15.6. The lowest BCUT2D eigenvalue weighted by atomic mass is 10.3. The molecule has 0 atom stereocenters. The maximum Gasteiger partial charge on any atom is 0.262 e. The smallest absolute Gasteiger partial charge is 0.262 e. The fourth-order valence-corrected chi connectivity index (χ4v) is 3.30. The number of benzene rings is 2. The summed E-state index contributed by atoms with van der Waals surface area (Å²) in [6.07, 6.45) is 3.63. The van der Waals surface area contributed by atoms with Gasteiger partial charge in [0.2, 0.25) is 0 Å². The van der Waals surface area contributed by atoms with Crippen LogP contribution in [0.15, 0.2) is 78.0 Å². The molecule has 5 nitrogen and oxygen atoms in total. The lowest BCUT2D eigenvalue weighted by Crippen LogP contribution is -2.20. The van der Waals surface area contributed by atoms with Crippen molar-refractivity contribution >= 4 is 23.4 Å². The Morgan fingerprint density at radius 1 is 1.00 bits per heavy atom. The minimum Gasteiger partial charge on any atom is -0.490 e. The highest BCUT2D eigenvalue weighted by Crippen LogP contribution is 2.26. The van der Waals surface area contributed by atoms with Crippen molar-refractivity contribution in [3.8, 4) is 11.5 Å². The predicted octanol–water partition coefficient (Wildman–Crippen LogP) is 4.79. The molecule has 0 radical (unpaired) electrons. The van der Waals surface area contributed by atoms with Crippen LogP contribution >= 0.6 is 11.8 Å². The number of hydrogen-bond acceptors (Lipinski definition) is 5. The maximum atomic E-state index is 12.2. The topological polar surface area (TPSA) is 60.5 Å². The molecular weight excluding hydrogens is 372 g/mol. The first kappa shape index (κ1) is 19.8. The Balaban J connectivity index is 1.48. The van der Waals surface area contributed by atoms with Crippen LogP contribution in [0, 0.1) is 0 Å². The molecule has 0 saturated heterocycles. The van der Waals surface area contributed by atoms with E-state index < -0.39 is 0 Å². The third-order valence-corrected chi connectivity index (χ3v) is 4.86. The van der Waals surface area contributed by atoms with Gasteiger partial charge in [0.15, 0.2) is 18.1 Å². The van der Waals surface area contributed by atoms with E-state index in [2.05, 4.69) is 16.4 Å². The van der Waals surface area contributed by atoms with E-state index in [1.165, 1.54) is 5.56 Å². The first-order valence-electron chi connectivity index (χ1n) is 9.01. The van der Waals surface area contributed by atoms with E-state index in [-0.39, 0.29) is 12.5 Å². The molecule has 144 valence electrons. The summed E-state index contributed by atoms with van der Waals surface area (Å²) in [5, 5.41) is 2.84. The molecule has 1 amide bonds. The molecule has 0 spiro atoms. The largest absolute Gasteiger partial charge is 0.490 e. The van der Waals surface area contributed by atoms with Gasteiger partial charge in [-0.05, 0) is 55.0 Å². The number of rotatable bonds is 9. The van der Waals surface area contributed by atoms with Crippen molar-refractivity contribution in [2.75, 3.05) is 18.5 Å². The van der Waals surface area contributed by atoms with Gasteiger partial charge in [-0.2, -0.15) is 0 Å². The van der Waals surface area contributed by atoms with Crippen LogP contribution in [0.3, 0.4) is 0 Å². The van der Waals surface area contributed by atoms with E-state index in [1.807, 2.05) is 61.7 Å². The standard InChI is InChI=1S/C22H22N2O3S/c1-2-26-20-7-3-4-8-21(20)27-15-22(25)24-18-9-11-19(12-10-18)28-16-17-6-5-13-23-14-17/h3-14H,2,15-16H2,1H3,(H,24,25). The number of ether oxygens (including phenoxy) is 2. The Kier molecular flexibility index (Phi) is 7.32. The first-order chi connectivity index (χ1) is 13.7. The molecule has 3 rings (SSSR count). The quantitative estimate of drug-likeness (QED) is 0.529. The van der Waals surface area contributed by atoms with E-state index in [0.29, 0.717) is 18.1 Å². The summed E-state index contributed by atoms with van der Waals surface area (Å²) in [6, 6.07) is 19.1. The highest BCUT2D eigenvalue weighted by molar-refractivity contribution is 7.98. The van der Waals surface area contributed by atoms with Gasteiger partial charge in [-0.3, -0.25) is 9.78 Å². The van der Waals surface area contributed by atoms with Gasteiger partial charge in [-0.25, -0.2) is 0 Å². The average molecular weight is 394 g/mol. The molecule has 0 aliphatic heterocycles. The Hall–Kier alpha value is -2.99. The number of carbonyl (C=O) groups excluding carboxylic acids is 1. The van der Waals surface area contributed by atoms with E-state index in [4.69, 9.17) is 9.47 Å². The molecule has 0 unspecified atom stereocenters. The first-order valence-corrected chi connectivity index (χ1v) is 9.99. The second-order valence-corrected chi connectivity index (χ2v) is 6.94. The number of thioether (sulfide) groups is 1. The summed E-state index contributed by atoms with van der Waals surface area (Å²) in [7, 11) is 0. The van der Waals surface area contributed by atoms with Crippen LogP contribution in [0.5, 0.6) is 11.5 Å². The van der Waals surface area contributed by atoms with Gasteiger partial charge in [0, 0.05) is 28.7 Å². The van der Waals surface area contributed by atoms with Crippen molar-refractivity contribution in [1.82, 2.24) is 4.98 Å². The van der Waals surface area contributed by atoms with Crippen molar-refractivity contribution in [2.24, 2.45) is 0 Å². The molecule has 28 heavy (non-hydrogen) atoms. The summed E-state index contributed by atoms with van der Waals surface area (Å²) in [6.45, 7) is 2.36. The normalized spacial score (nSPS) is 10.3. The van der Waals surface area contributed by atoms with Gasteiger partial charge >= 0.3 is 0 Å². The van der Waals surface area contributed by atoms with Crippen LogP contribution < -0.4 is 14.8 Å². The predicted molar refractivity (Wildman–Crippen MR) is 112 cm³/mol. The van der Waals surface area contributed by atoms with Gasteiger partial charge in [0.1, 0.15) is 0 Å². The van der Waals surface area contributed by atoms with Crippen LogP contribution in [0.2, 0.25) is 0 Å². The third kappa shape index (κ3) is 6.03. The number of nitrogens with one attached hydrogen (secondary N) is 1. The number of pyridine rings is 1. The summed E-state index contributed by atoms with van der Waals surface area (Å²) in [4.78, 5) is 17.4. The molecule has 2 aromatic carbocycles. The number of carbonyl (C=O) groups is 1. The molecule has 1 aromatic heterocycles. The van der Waals surface area contributed by atoms with E-state index in [0.717, 1.165) is 16.3 Å². The number of hydrogen-bond donors (Lipinski definition) is 1. The summed E-state index contributed by atoms with van der Waals surface area (Å²) in [5.74, 6) is 1.82. The second kappa shape index (κ2) is 10.4. The molecule has 1 N–H and O–H groups in total. The zero-order valence-corrected chi connectivity index (χ0v) is 16.4. The highest BCUT2D eigenvalue weighted by Gasteiger charge is 2.08. The molecule has 0 aliphatic rings.